The van der Waals surface area contributed by atoms with Gasteiger partial charge >= 0.3 is 0 Å². The predicted octanol–water partition coefficient (Wildman–Crippen LogP) is 2.79. The molecule has 4 N–H and O–H groups in total. The number of benzene rings is 1. The van der Waals surface area contributed by atoms with Crippen molar-refractivity contribution in [1.29, 1.82) is 5.26 Å². The van der Waals surface area contributed by atoms with Crippen LogP contribution in [0.5, 0.6) is 17.4 Å². The Hall–Kier alpha value is -3.99. The quantitative estimate of drug-likeness (QED) is 0.639. The Morgan fingerprint density at radius 1 is 1.36 bits per heavy atom. The smallest absolute Gasteiger partial charge is 0.244 e. The molecule has 140 valence electrons. The number of ether oxygens (including phenoxy) is 2. The van der Waals surface area contributed by atoms with Crippen LogP contribution in [-0.2, 0) is 0 Å². The summed E-state index contributed by atoms with van der Waals surface area (Å²) in [6.07, 6.45) is 1.67. The molecule has 1 aliphatic heterocycles. The second-order valence-corrected chi connectivity index (χ2v) is 6.12. The molecule has 0 saturated carbocycles. The summed E-state index contributed by atoms with van der Waals surface area (Å²) >= 11 is 0. The Balaban J connectivity index is 1.93. The number of nitriles is 1. The highest BCUT2D eigenvalue weighted by Crippen LogP contribution is 2.46. The molecule has 0 fully saturated rings. The number of phenols is 1. The summed E-state index contributed by atoms with van der Waals surface area (Å²) in [5, 5.41) is 26.9. The summed E-state index contributed by atoms with van der Waals surface area (Å²) in [7, 11) is 0. The number of hydrogen-bond acceptors (Lipinski definition) is 7. The van der Waals surface area contributed by atoms with Crippen LogP contribution in [0.3, 0.4) is 0 Å². The second-order valence-electron chi connectivity index (χ2n) is 6.12. The van der Waals surface area contributed by atoms with E-state index in [-0.39, 0.29) is 23.1 Å². The topological polar surface area (TPSA) is 130 Å². The van der Waals surface area contributed by atoms with Crippen LogP contribution >= 0.6 is 0 Å². The maximum Gasteiger partial charge on any atom is 0.244 e. The highest BCUT2D eigenvalue weighted by Gasteiger charge is 2.36. The number of fused-ring (bicyclic) bond motifs is 1. The Bertz CT molecular complexity index is 1100. The van der Waals surface area contributed by atoms with E-state index in [1.54, 1.807) is 18.3 Å². The molecule has 0 unspecified atom stereocenters. The van der Waals surface area contributed by atoms with Crippen molar-refractivity contribution < 1.29 is 14.6 Å². The van der Waals surface area contributed by atoms with Crippen molar-refractivity contribution in [2.45, 2.75) is 12.8 Å². The molecule has 4 rings (SSSR count). The first-order chi connectivity index (χ1) is 13.6. The number of H-pyrrole nitrogens is 1. The van der Waals surface area contributed by atoms with Gasteiger partial charge in [0.1, 0.15) is 11.6 Å². The summed E-state index contributed by atoms with van der Waals surface area (Å²) in [6.45, 7) is 2.22. The molecular weight excluding hydrogens is 358 g/mol. The van der Waals surface area contributed by atoms with Crippen molar-refractivity contribution in [3.05, 3.63) is 65.2 Å². The van der Waals surface area contributed by atoms with Crippen LogP contribution in [-0.4, -0.2) is 26.9 Å². The highest BCUT2D eigenvalue weighted by atomic mass is 16.5. The molecular formula is C20H17N5O3. The molecule has 28 heavy (non-hydrogen) atoms. The van der Waals surface area contributed by atoms with E-state index in [1.807, 2.05) is 25.1 Å². The van der Waals surface area contributed by atoms with Gasteiger partial charge in [-0.2, -0.15) is 5.26 Å². The average Bonchev–Trinajstić information content (AvgIpc) is 3.13. The zero-order chi connectivity index (χ0) is 19.7. The number of aromatic amines is 1. The van der Waals surface area contributed by atoms with Crippen LogP contribution in [0.2, 0.25) is 0 Å². The molecule has 0 saturated heterocycles. The molecule has 1 atom stereocenters. The van der Waals surface area contributed by atoms with E-state index in [1.165, 1.54) is 6.07 Å². The maximum atomic E-state index is 10.0. The molecule has 8 heteroatoms. The van der Waals surface area contributed by atoms with Gasteiger partial charge < -0.3 is 20.3 Å². The number of nitrogens with zero attached hydrogens (tertiary/aromatic N) is 3. The first kappa shape index (κ1) is 17.4. The van der Waals surface area contributed by atoms with E-state index >= 15 is 0 Å². The Kier molecular flexibility index (Phi) is 4.33. The maximum absolute atomic E-state index is 10.0. The van der Waals surface area contributed by atoms with Crippen LogP contribution in [0, 0.1) is 11.3 Å². The average molecular weight is 375 g/mol. The molecule has 0 amide bonds. The predicted molar refractivity (Wildman–Crippen MR) is 100 cm³/mol. The van der Waals surface area contributed by atoms with Gasteiger partial charge in [-0.1, -0.05) is 12.1 Å². The number of nitrogens with one attached hydrogen (secondary N) is 1. The van der Waals surface area contributed by atoms with Gasteiger partial charge in [0.05, 0.1) is 29.5 Å². The minimum Gasteiger partial charge on any atom is -0.504 e. The largest absolute Gasteiger partial charge is 0.504 e. The van der Waals surface area contributed by atoms with Crippen LogP contribution in [0.1, 0.15) is 24.0 Å². The molecule has 3 heterocycles. The van der Waals surface area contributed by atoms with Gasteiger partial charge in [-0.15, -0.1) is 5.10 Å². The van der Waals surface area contributed by atoms with Crippen LogP contribution in [0.25, 0.3) is 11.4 Å². The van der Waals surface area contributed by atoms with Gasteiger partial charge in [0.25, 0.3) is 0 Å². The summed E-state index contributed by atoms with van der Waals surface area (Å²) in [6, 6.07) is 12.6. The van der Waals surface area contributed by atoms with Gasteiger partial charge in [-0.25, -0.2) is 0 Å². The zero-order valence-corrected chi connectivity index (χ0v) is 15.0. The highest BCUT2D eigenvalue weighted by molar-refractivity contribution is 5.68. The van der Waals surface area contributed by atoms with E-state index in [9.17, 15) is 10.4 Å². The molecule has 2 aromatic heterocycles. The number of phenolic OH excluding ortho intramolecular Hbond substituents is 1. The van der Waals surface area contributed by atoms with E-state index in [0.29, 0.717) is 34.9 Å². The number of hydrogen-bond donors (Lipinski definition) is 3. The summed E-state index contributed by atoms with van der Waals surface area (Å²) < 4.78 is 11.1. The van der Waals surface area contributed by atoms with Crippen molar-refractivity contribution >= 4 is 0 Å². The number of aromatic hydroxyl groups is 1. The molecule has 1 aliphatic rings. The first-order valence-electron chi connectivity index (χ1n) is 8.67. The Labute approximate surface area is 160 Å². The van der Waals surface area contributed by atoms with Crippen LogP contribution in [0.4, 0.5) is 0 Å². The van der Waals surface area contributed by atoms with Crippen molar-refractivity contribution in [3.8, 4) is 34.8 Å². The van der Waals surface area contributed by atoms with Crippen LogP contribution in [0.15, 0.2) is 54.1 Å². The van der Waals surface area contributed by atoms with E-state index < -0.39 is 5.92 Å². The lowest BCUT2D eigenvalue weighted by atomic mass is 9.83. The molecule has 0 bridgehead atoms. The number of rotatable bonds is 4. The molecule has 8 nitrogen and oxygen atoms in total. The molecule has 3 aromatic rings. The second kappa shape index (κ2) is 6.96. The van der Waals surface area contributed by atoms with Gasteiger partial charge in [0, 0.05) is 6.20 Å². The molecule has 0 aliphatic carbocycles. The van der Waals surface area contributed by atoms with E-state index in [0.717, 1.165) is 0 Å². The third kappa shape index (κ3) is 2.79. The number of pyridine rings is 1. The minimum absolute atomic E-state index is 0.00916. The van der Waals surface area contributed by atoms with Gasteiger partial charge in [0.2, 0.25) is 11.8 Å². The van der Waals surface area contributed by atoms with E-state index in [4.69, 9.17) is 15.2 Å². The first-order valence-corrected chi connectivity index (χ1v) is 8.67. The number of aromatic nitrogens is 3. The summed E-state index contributed by atoms with van der Waals surface area (Å²) in [4.78, 5) is 4.37. The third-order valence-corrected chi connectivity index (χ3v) is 4.48. The van der Waals surface area contributed by atoms with Gasteiger partial charge in [-0.05, 0) is 36.8 Å². The fourth-order valence-electron chi connectivity index (χ4n) is 3.27. The van der Waals surface area contributed by atoms with Crippen LogP contribution < -0.4 is 15.2 Å². The van der Waals surface area contributed by atoms with Gasteiger partial charge in [0.15, 0.2) is 11.5 Å². The van der Waals surface area contributed by atoms with Crippen molar-refractivity contribution in [2.75, 3.05) is 6.61 Å². The number of nitrogens with two attached hydrogens (primary N) is 1. The normalized spacial score (nSPS) is 15.5. The lowest BCUT2D eigenvalue weighted by Gasteiger charge is -2.24. The Morgan fingerprint density at radius 3 is 2.93 bits per heavy atom. The third-order valence-electron chi connectivity index (χ3n) is 4.48. The molecule has 1 aromatic carbocycles. The Morgan fingerprint density at radius 2 is 2.21 bits per heavy atom. The lowest BCUT2D eigenvalue weighted by Crippen LogP contribution is -2.21. The van der Waals surface area contributed by atoms with Crippen molar-refractivity contribution in [3.63, 3.8) is 0 Å². The number of allylic oxidation sites excluding steroid dienone is 1. The standard InChI is InChI=1S/C20H17N5O3/c1-2-27-15-9-11(6-7-14(15)26)16-12(10-21)19(22)28-20-17(16)18(24-25-20)13-5-3-4-8-23-13/h3-9,16,26H,2,22H2,1H3,(H,24,25)/t16-/m1/s1. The molecule has 0 spiro atoms. The van der Waals surface area contributed by atoms with E-state index in [2.05, 4.69) is 21.3 Å². The zero-order valence-electron chi connectivity index (χ0n) is 15.0. The monoisotopic (exact) mass is 375 g/mol. The summed E-state index contributed by atoms with van der Waals surface area (Å²) in [5.41, 5.74) is 8.89. The lowest BCUT2D eigenvalue weighted by molar-refractivity contribution is 0.317. The SMILES string of the molecule is CCOc1cc([C@@H]2C(C#N)=C(N)Oc3n[nH]c(-c4ccccn4)c32)ccc1O. The van der Waals surface area contributed by atoms with Gasteiger partial charge in [-0.3, -0.25) is 10.1 Å². The van der Waals surface area contributed by atoms with Crippen molar-refractivity contribution in [1.82, 2.24) is 15.2 Å². The summed E-state index contributed by atoms with van der Waals surface area (Å²) in [5.74, 6) is 0.0693. The fraction of sp³-hybridized carbons (Fsp3) is 0.150. The molecule has 0 radical (unpaired) electrons. The fourth-order valence-corrected chi connectivity index (χ4v) is 3.27. The van der Waals surface area contributed by atoms with Crippen molar-refractivity contribution in [2.24, 2.45) is 5.73 Å². The minimum atomic E-state index is -0.552.